The van der Waals surface area contributed by atoms with Crippen molar-refractivity contribution in [1.29, 1.82) is 0 Å². The number of hydrogen-bond donors (Lipinski definition) is 2. The Morgan fingerprint density at radius 3 is 2.17 bits per heavy atom. The van der Waals surface area contributed by atoms with E-state index in [1.807, 2.05) is 29.5 Å². The van der Waals surface area contributed by atoms with Crippen LogP contribution in [0.25, 0.3) is 48.1 Å². The van der Waals surface area contributed by atoms with Crippen molar-refractivity contribution in [2.24, 2.45) is 5.73 Å². The molecule has 6 aromatic carbocycles. The largest absolute Gasteiger partial charge is 0.366 e. The van der Waals surface area contributed by atoms with Gasteiger partial charge in [-0.25, -0.2) is 0 Å². The van der Waals surface area contributed by atoms with Crippen LogP contribution in [0.2, 0.25) is 0 Å². The SMILES string of the molecule is CC1(C)c2cc3ccccc3cc2-c2c(/C(=C/Cc3ccc(-c4cc5ccccc5s4)cc3)NC(N)c3ccccc3)cccc21. The van der Waals surface area contributed by atoms with Crippen molar-refractivity contribution >= 4 is 37.9 Å². The van der Waals surface area contributed by atoms with Crippen LogP contribution in [0, 0.1) is 0 Å². The maximum atomic E-state index is 6.84. The fraction of sp³-hybridized carbons (Fsp3) is 0.116. The van der Waals surface area contributed by atoms with Crippen LogP contribution in [0.15, 0.2) is 146 Å². The number of rotatable bonds is 7. The zero-order chi connectivity index (χ0) is 31.3. The van der Waals surface area contributed by atoms with Crippen LogP contribution >= 0.6 is 11.3 Å². The van der Waals surface area contributed by atoms with Gasteiger partial charge in [-0.2, -0.15) is 0 Å². The van der Waals surface area contributed by atoms with Gasteiger partial charge in [0, 0.05) is 26.3 Å². The van der Waals surface area contributed by atoms with Crippen LogP contribution in [0.4, 0.5) is 0 Å². The molecule has 0 saturated heterocycles. The molecule has 1 heterocycles. The number of nitrogens with one attached hydrogen (secondary N) is 1. The molecule has 0 spiro atoms. The van der Waals surface area contributed by atoms with Crippen molar-refractivity contribution < 1.29 is 0 Å². The van der Waals surface area contributed by atoms with E-state index in [1.54, 1.807) is 0 Å². The summed E-state index contributed by atoms with van der Waals surface area (Å²) in [5, 5.41) is 7.58. The van der Waals surface area contributed by atoms with Gasteiger partial charge in [0.2, 0.25) is 0 Å². The highest BCUT2D eigenvalue weighted by Crippen LogP contribution is 2.52. The molecule has 0 aliphatic heterocycles. The van der Waals surface area contributed by atoms with E-state index in [9.17, 15) is 0 Å². The summed E-state index contributed by atoms with van der Waals surface area (Å²) in [4.78, 5) is 1.30. The predicted octanol–water partition coefficient (Wildman–Crippen LogP) is 10.9. The predicted molar refractivity (Wildman–Crippen MR) is 197 cm³/mol. The zero-order valence-electron chi connectivity index (χ0n) is 26.1. The number of benzene rings is 6. The molecule has 0 radical (unpaired) electrons. The topological polar surface area (TPSA) is 38.0 Å². The Morgan fingerprint density at radius 1 is 0.717 bits per heavy atom. The van der Waals surface area contributed by atoms with Crippen molar-refractivity contribution in [3.05, 3.63) is 173 Å². The minimum atomic E-state index is -0.343. The lowest BCUT2D eigenvalue weighted by molar-refractivity contribution is 0.659. The molecular formula is C43H36N2S. The summed E-state index contributed by atoms with van der Waals surface area (Å²) in [6, 6.07) is 50.4. The summed E-state index contributed by atoms with van der Waals surface area (Å²) in [6.07, 6.45) is 2.76. The van der Waals surface area contributed by atoms with Gasteiger partial charge in [-0.1, -0.05) is 135 Å². The smallest absolute Gasteiger partial charge is 0.101 e. The lowest BCUT2D eigenvalue weighted by Crippen LogP contribution is -2.28. The molecule has 224 valence electrons. The number of fused-ring (bicyclic) bond motifs is 5. The molecule has 1 aromatic heterocycles. The van der Waals surface area contributed by atoms with Gasteiger partial charge >= 0.3 is 0 Å². The lowest BCUT2D eigenvalue weighted by Gasteiger charge is -2.23. The maximum Gasteiger partial charge on any atom is 0.101 e. The molecular weight excluding hydrogens is 577 g/mol. The minimum absolute atomic E-state index is 0.111. The third kappa shape index (κ3) is 5.02. The van der Waals surface area contributed by atoms with E-state index in [4.69, 9.17) is 5.73 Å². The number of nitrogens with two attached hydrogens (primary N) is 1. The van der Waals surface area contributed by atoms with Crippen molar-refractivity contribution in [2.75, 3.05) is 0 Å². The molecule has 1 atom stereocenters. The van der Waals surface area contributed by atoms with Crippen LogP contribution < -0.4 is 11.1 Å². The third-order valence-electron chi connectivity index (χ3n) is 9.53. The van der Waals surface area contributed by atoms with Crippen LogP contribution in [0.5, 0.6) is 0 Å². The van der Waals surface area contributed by atoms with Gasteiger partial charge in [-0.05, 0) is 85.8 Å². The van der Waals surface area contributed by atoms with Gasteiger partial charge in [-0.15, -0.1) is 11.3 Å². The molecule has 1 unspecified atom stereocenters. The summed E-state index contributed by atoms with van der Waals surface area (Å²) in [6.45, 7) is 4.70. The first-order chi connectivity index (χ1) is 22.5. The second-order valence-electron chi connectivity index (χ2n) is 12.8. The fourth-order valence-electron chi connectivity index (χ4n) is 7.00. The fourth-order valence-corrected chi connectivity index (χ4v) is 8.07. The molecule has 1 aliphatic carbocycles. The van der Waals surface area contributed by atoms with Crippen LogP contribution in [0.1, 0.15) is 47.8 Å². The Labute approximate surface area is 274 Å². The van der Waals surface area contributed by atoms with E-state index in [0.29, 0.717) is 0 Å². The monoisotopic (exact) mass is 612 g/mol. The molecule has 1 aliphatic rings. The van der Waals surface area contributed by atoms with E-state index >= 15 is 0 Å². The Bertz CT molecular complexity index is 2210. The zero-order valence-corrected chi connectivity index (χ0v) is 26.9. The van der Waals surface area contributed by atoms with Gasteiger partial charge in [0.1, 0.15) is 6.17 Å². The first-order valence-corrected chi connectivity index (χ1v) is 16.8. The first kappa shape index (κ1) is 28.5. The van der Waals surface area contributed by atoms with Crippen LogP contribution in [-0.4, -0.2) is 0 Å². The van der Waals surface area contributed by atoms with E-state index in [-0.39, 0.29) is 11.6 Å². The van der Waals surface area contributed by atoms with Crippen molar-refractivity contribution in [3.63, 3.8) is 0 Å². The first-order valence-electron chi connectivity index (χ1n) is 16.0. The summed E-state index contributed by atoms with van der Waals surface area (Å²) >= 11 is 1.85. The van der Waals surface area contributed by atoms with Gasteiger partial charge < -0.3 is 11.1 Å². The third-order valence-corrected chi connectivity index (χ3v) is 10.7. The van der Waals surface area contributed by atoms with Gasteiger partial charge in [0.05, 0.1) is 0 Å². The standard InChI is InChI=1S/C43H36N2S/c1-43(2)36-17-10-16-34(41(36)35-25-31-13-6-7-14-32(31)26-37(35)43)38(45-42(44)30-11-4-3-5-12-30)24-21-28-19-22-29(23-20-28)40-27-33-15-8-9-18-39(33)46-40/h3-20,22-27,42,45H,21,44H2,1-2H3/b38-24-. The lowest BCUT2D eigenvalue weighted by atomic mass is 9.81. The molecule has 7 aromatic rings. The quantitative estimate of drug-likeness (QED) is 0.176. The van der Waals surface area contributed by atoms with E-state index in [1.165, 1.54) is 64.7 Å². The Morgan fingerprint density at radius 2 is 1.41 bits per heavy atom. The number of hydrogen-bond acceptors (Lipinski definition) is 3. The normalized spacial score (nSPS) is 14.3. The molecule has 0 amide bonds. The van der Waals surface area contributed by atoms with Crippen LogP contribution in [0.3, 0.4) is 0 Å². The van der Waals surface area contributed by atoms with Gasteiger partial charge in [-0.3, -0.25) is 0 Å². The molecule has 3 N–H and O–H groups in total. The highest BCUT2D eigenvalue weighted by molar-refractivity contribution is 7.22. The Hall–Kier alpha value is -4.96. The van der Waals surface area contributed by atoms with Gasteiger partial charge in [0.25, 0.3) is 0 Å². The minimum Gasteiger partial charge on any atom is -0.366 e. The molecule has 0 saturated carbocycles. The number of thiophene rings is 1. The molecule has 46 heavy (non-hydrogen) atoms. The summed E-state index contributed by atoms with van der Waals surface area (Å²) in [5.74, 6) is 0. The van der Waals surface area contributed by atoms with Crippen molar-refractivity contribution in [2.45, 2.75) is 31.8 Å². The van der Waals surface area contributed by atoms with E-state index in [2.05, 4.69) is 147 Å². The van der Waals surface area contributed by atoms with Gasteiger partial charge in [0.15, 0.2) is 0 Å². The Kier molecular flexibility index (Phi) is 7.09. The molecule has 2 nitrogen and oxygen atoms in total. The van der Waals surface area contributed by atoms with E-state index < -0.39 is 0 Å². The summed E-state index contributed by atoms with van der Waals surface area (Å²) < 4.78 is 1.32. The molecule has 3 heteroatoms. The average Bonchev–Trinajstić information content (AvgIpc) is 3.63. The highest BCUT2D eigenvalue weighted by atomic mass is 32.1. The molecule has 0 fully saturated rings. The number of allylic oxidation sites excluding steroid dienone is 1. The molecule has 8 rings (SSSR count). The second-order valence-corrected chi connectivity index (χ2v) is 13.9. The molecule has 0 bridgehead atoms. The average molecular weight is 613 g/mol. The summed E-state index contributed by atoms with van der Waals surface area (Å²) in [5.41, 5.74) is 17.9. The van der Waals surface area contributed by atoms with Crippen LogP contribution in [-0.2, 0) is 11.8 Å². The van der Waals surface area contributed by atoms with E-state index in [0.717, 1.165) is 17.7 Å². The maximum absolute atomic E-state index is 6.84. The van der Waals surface area contributed by atoms with Crippen molar-refractivity contribution in [3.8, 4) is 21.6 Å². The highest BCUT2D eigenvalue weighted by Gasteiger charge is 2.37. The van der Waals surface area contributed by atoms with Crippen molar-refractivity contribution in [1.82, 2.24) is 5.32 Å². The second kappa shape index (κ2) is 11.4. The Balaban J connectivity index is 1.20. The summed E-state index contributed by atoms with van der Waals surface area (Å²) in [7, 11) is 0.